The van der Waals surface area contributed by atoms with Crippen molar-refractivity contribution in [1.82, 2.24) is 14.5 Å². The molecule has 0 radical (unpaired) electrons. The van der Waals surface area contributed by atoms with E-state index in [1.54, 1.807) is 22.9 Å². The number of halogens is 1. The molecular formula is C21H22FN3O4S2. The lowest BCUT2D eigenvalue weighted by Crippen LogP contribution is -2.29. The number of nitrogens with zero attached hydrogens (tertiary/aromatic N) is 3. The van der Waals surface area contributed by atoms with Gasteiger partial charge in [-0.05, 0) is 55.7 Å². The smallest absolute Gasteiger partial charge is 0.263 e. The Balaban J connectivity index is 1.49. The molecule has 2 aromatic heterocycles. The Labute approximate surface area is 183 Å². The summed E-state index contributed by atoms with van der Waals surface area (Å²) in [5.41, 5.74) is 0.201. The van der Waals surface area contributed by atoms with Crippen molar-refractivity contribution in [2.45, 2.75) is 42.0 Å². The Bertz CT molecular complexity index is 1220. The van der Waals surface area contributed by atoms with Crippen molar-refractivity contribution >= 4 is 32.6 Å². The first-order valence-corrected chi connectivity index (χ1v) is 12.7. The molecular weight excluding hydrogens is 441 g/mol. The fraction of sp³-hybridized carbons (Fsp3) is 0.381. The monoisotopic (exact) mass is 463 g/mol. The highest BCUT2D eigenvalue weighted by Gasteiger charge is 2.21. The van der Waals surface area contributed by atoms with Crippen molar-refractivity contribution in [1.29, 1.82) is 0 Å². The maximum absolute atomic E-state index is 13.0. The SMILES string of the molecule is O=c1c2cccnc2nc(SCCCS(=O)(=O)c2ccc(F)cc2)n1CC1CCCO1. The quantitative estimate of drug-likeness (QED) is 0.219. The molecule has 0 saturated carbocycles. The third kappa shape index (κ3) is 5.13. The van der Waals surface area contributed by atoms with Crippen molar-refractivity contribution in [3.63, 3.8) is 0 Å². The van der Waals surface area contributed by atoms with Crippen LogP contribution in [0.25, 0.3) is 11.0 Å². The van der Waals surface area contributed by atoms with E-state index in [9.17, 15) is 17.6 Å². The zero-order chi connectivity index (χ0) is 21.8. The first-order chi connectivity index (χ1) is 14.9. The molecule has 31 heavy (non-hydrogen) atoms. The molecule has 1 aliphatic heterocycles. The molecule has 0 bridgehead atoms. The van der Waals surface area contributed by atoms with Gasteiger partial charge in [0.15, 0.2) is 20.6 Å². The minimum Gasteiger partial charge on any atom is -0.376 e. The summed E-state index contributed by atoms with van der Waals surface area (Å²) in [7, 11) is -3.50. The van der Waals surface area contributed by atoms with Gasteiger partial charge >= 0.3 is 0 Å². The van der Waals surface area contributed by atoms with E-state index in [-0.39, 0.29) is 22.3 Å². The number of fused-ring (bicyclic) bond motifs is 1. The van der Waals surface area contributed by atoms with Crippen LogP contribution in [-0.4, -0.2) is 47.2 Å². The van der Waals surface area contributed by atoms with Crippen molar-refractivity contribution < 1.29 is 17.5 Å². The summed E-state index contributed by atoms with van der Waals surface area (Å²) in [6.07, 6.45) is 3.76. The molecule has 1 aliphatic rings. The summed E-state index contributed by atoms with van der Waals surface area (Å²) in [6.45, 7) is 1.10. The Hall–Kier alpha value is -2.30. The summed E-state index contributed by atoms with van der Waals surface area (Å²) < 4.78 is 45.3. The fourth-order valence-corrected chi connectivity index (χ4v) is 5.90. The first kappa shape index (κ1) is 21.9. The fourth-order valence-electron chi connectivity index (χ4n) is 3.47. The van der Waals surface area contributed by atoms with E-state index < -0.39 is 15.7 Å². The number of rotatable bonds is 8. The molecule has 164 valence electrons. The minimum absolute atomic E-state index is 0.0353. The van der Waals surface area contributed by atoms with Gasteiger partial charge < -0.3 is 4.74 Å². The van der Waals surface area contributed by atoms with Crippen LogP contribution in [0.5, 0.6) is 0 Å². The second-order valence-corrected chi connectivity index (χ2v) is 10.5. The van der Waals surface area contributed by atoms with Gasteiger partial charge in [0, 0.05) is 18.6 Å². The van der Waals surface area contributed by atoms with Crippen LogP contribution < -0.4 is 5.56 Å². The predicted molar refractivity (Wildman–Crippen MR) is 117 cm³/mol. The van der Waals surface area contributed by atoms with Crippen LogP contribution in [-0.2, 0) is 21.1 Å². The maximum atomic E-state index is 13.0. The van der Waals surface area contributed by atoms with Gasteiger partial charge in [0.1, 0.15) is 5.82 Å². The highest BCUT2D eigenvalue weighted by Crippen LogP contribution is 2.22. The number of benzene rings is 1. The Morgan fingerprint density at radius 3 is 2.77 bits per heavy atom. The highest BCUT2D eigenvalue weighted by molar-refractivity contribution is 7.99. The lowest BCUT2D eigenvalue weighted by Gasteiger charge is -2.16. The summed E-state index contributed by atoms with van der Waals surface area (Å²) >= 11 is 1.33. The molecule has 0 spiro atoms. The Morgan fingerprint density at radius 1 is 1.23 bits per heavy atom. The van der Waals surface area contributed by atoms with Crippen molar-refractivity contribution in [2.24, 2.45) is 0 Å². The van der Waals surface area contributed by atoms with Crippen molar-refractivity contribution in [3.8, 4) is 0 Å². The third-order valence-electron chi connectivity index (χ3n) is 5.07. The number of ether oxygens (including phenoxy) is 1. The Kier molecular flexibility index (Phi) is 6.68. The average Bonchev–Trinajstić information content (AvgIpc) is 3.27. The molecule has 10 heteroatoms. The highest BCUT2D eigenvalue weighted by atomic mass is 32.2. The van der Waals surface area contributed by atoms with Gasteiger partial charge in [0.05, 0.1) is 28.7 Å². The van der Waals surface area contributed by atoms with Crippen LogP contribution in [0.15, 0.2) is 57.4 Å². The molecule has 1 atom stereocenters. The molecule has 7 nitrogen and oxygen atoms in total. The molecule has 3 aromatic rings. The van der Waals surface area contributed by atoms with Gasteiger partial charge in [-0.25, -0.2) is 22.8 Å². The van der Waals surface area contributed by atoms with Crippen LogP contribution in [0.4, 0.5) is 4.39 Å². The van der Waals surface area contributed by atoms with Crippen molar-refractivity contribution in [2.75, 3.05) is 18.1 Å². The topological polar surface area (TPSA) is 91.2 Å². The van der Waals surface area contributed by atoms with Crippen LogP contribution in [0.2, 0.25) is 0 Å². The number of thioether (sulfide) groups is 1. The molecule has 1 unspecified atom stereocenters. The average molecular weight is 464 g/mol. The van der Waals surface area contributed by atoms with E-state index in [1.807, 2.05) is 0 Å². The number of hydrogen-bond donors (Lipinski definition) is 0. The van der Waals surface area contributed by atoms with Crippen LogP contribution in [0.3, 0.4) is 0 Å². The number of aromatic nitrogens is 3. The number of pyridine rings is 1. The summed E-state index contributed by atoms with van der Waals surface area (Å²) in [5, 5.41) is 0.953. The zero-order valence-electron chi connectivity index (χ0n) is 16.7. The summed E-state index contributed by atoms with van der Waals surface area (Å²) in [4.78, 5) is 21.9. The summed E-state index contributed by atoms with van der Waals surface area (Å²) in [6, 6.07) is 8.22. The third-order valence-corrected chi connectivity index (χ3v) is 7.95. The van der Waals surface area contributed by atoms with Gasteiger partial charge in [-0.2, -0.15) is 0 Å². The van der Waals surface area contributed by atoms with Gasteiger partial charge in [0.25, 0.3) is 5.56 Å². The van der Waals surface area contributed by atoms with E-state index in [2.05, 4.69) is 9.97 Å². The van der Waals surface area contributed by atoms with Gasteiger partial charge in [-0.3, -0.25) is 9.36 Å². The molecule has 0 amide bonds. The van der Waals surface area contributed by atoms with Gasteiger partial charge in [0.2, 0.25) is 0 Å². The molecule has 1 saturated heterocycles. The zero-order valence-corrected chi connectivity index (χ0v) is 18.4. The lowest BCUT2D eigenvalue weighted by molar-refractivity contribution is 0.0937. The minimum atomic E-state index is -3.50. The number of hydrogen-bond acceptors (Lipinski definition) is 7. The Morgan fingerprint density at radius 2 is 2.03 bits per heavy atom. The van der Waals surface area contributed by atoms with E-state index in [1.165, 1.54) is 23.9 Å². The molecule has 1 aromatic carbocycles. The van der Waals surface area contributed by atoms with Crippen LogP contribution >= 0.6 is 11.8 Å². The van der Waals surface area contributed by atoms with Crippen LogP contribution in [0.1, 0.15) is 19.3 Å². The molecule has 0 N–H and O–H groups in total. The second-order valence-electron chi connectivity index (χ2n) is 7.29. The normalized spacial score (nSPS) is 16.7. The maximum Gasteiger partial charge on any atom is 0.263 e. The van der Waals surface area contributed by atoms with Gasteiger partial charge in [-0.1, -0.05) is 11.8 Å². The molecule has 0 aliphatic carbocycles. The van der Waals surface area contributed by atoms with Crippen molar-refractivity contribution in [3.05, 3.63) is 58.8 Å². The largest absolute Gasteiger partial charge is 0.376 e. The standard InChI is InChI=1S/C21H22FN3O4S2/c22-15-6-8-17(9-7-15)31(27,28)13-3-12-30-21-24-19-18(5-1-10-23-19)20(26)25(21)14-16-4-2-11-29-16/h1,5-10,16H,2-4,11-14H2. The first-order valence-electron chi connectivity index (χ1n) is 10.0. The van der Waals surface area contributed by atoms with E-state index in [4.69, 9.17) is 4.74 Å². The predicted octanol–water partition coefficient (Wildman–Crippen LogP) is 3.07. The second kappa shape index (κ2) is 9.46. The molecule has 4 rings (SSSR count). The van der Waals surface area contributed by atoms with Gasteiger partial charge in [-0.15, -0.1) is 0 Å². The van der Waals surface area contributed by atoms with E-state index in [0.717, 1.165) is 25.0 Å². The molecule has 3 heterocycles. The lowest BCUT2D eigenvalue weighted by atomic mass is 10.2. The van der Waals surface area contributed by atoms with E-state index >= 15 is 0 Å². The summed E-state index contributed by atoms with van der Waals surface area (Å²) in [5.74, 6) is -0.0980. The molecule has 1 fully saturated rings. The number of sulfone groups is 1. The van der Waals surface area contributed by atoms with Crippen LogP contribution in [0, 0.1) is 5.82 Å². The van der Waals surface area contributed by atoms with E-state index in [0.29, 0.717) is 41.5 Å².